The van der Waals surface area contributed by atoms with Gasteiger partial charge in [-0.2, -0.15) is 5.26 Å². The molecule has 1 N–H and O–H groups in total. The van der Waals surface area contributed by atoms with Gasteiger partial charge in [-0.25, -0.2) is 0 Å². The number of aryl methyl sites for hydroxylation is 1. The van der Waals surface area contributed by atoms with Crippen LogP contribution in [0.25, 0.3) is 0 Å². The minimum Gasteiger partial charge on any atom is -0.506 e. The molecule has 0 aliphatic rings. The Morgan fingerprint density at radius 3 is 2.85 bits per heavy atom. The van der Waals surface area contributed by atoms with Crippen molar-refractivity contribution in [3.8, 4) is 11.8 Å². The average Bonchev–Trinajstić information content (AvgIpc) is 2.09. The molecule has 0 aliphatic carbocycles. The van der Waals surface area contributed by atoms with E-state index in [1.54, 1.807) is 12.1 Å². The fraction of sp³-hybridized carbons (Fsp3) is 0.222. The van der Waals surface area contributed by atoms with Crippen molar-refractivity contribution in [3.63, 3.8) is 0 Å². The highest BCUT2D eigenvalue weighted by atomic mass is 79.9. The Kier molecular flexibility index (Phi) is 3.58. The van der Waals surface area contributed by atoms with Gasteiger partial charge >= 0.3 is 0 Å². The number of phenolic OH excluding ortho intramolecular Hbond substituents is 1. The highest BCUT2D eigenvalue weighted by molar-refractivity contribution is 9.10. The van der Waals surface area contributed by atoms with E-state index < -0.39 is 0 Å². The molecule has 0 saturated heterocycles. The monoisotopic (exact) mass is 259 g/mol. The summed E-state index contributed by atoms with van der Waals surface area (Å²) in [5.41, 5.74) is 0.695. The Hall–Kier alpha value is -0.720. The van der Waals surface area contributed by atoms with Gasteiger partial charge in [0.15, 0.2) is 0 Å². The second-order valence-corrected chi connectivity index (χ2v) is 3.84. The van der Waals surface area contributed by atoms with Crippen molar-refractivity contribution in [2.75, 3.05) is 0 Å². The molecule has 0 saturated carbocycles. The van der Waals surface area contributed by atoms with Gasteiger partial charge in [0.05, 0.1) is 10.5 Å². The van der Waals surface area contributed by atoms with E-state index in [4.69, 9.17) is 16.9 Å². The van der Waals surface area contributed by atoms with E-state index >= 15 is 0 Å². The van der Waals surface area contributed by atoms with E-state index in [0.717, 1.165) is 0 Å². The summed E-state index contributed by atoms with van der Waals surface area (Å²) in [5, 5.41) is 18.5. The number of hydrogen-bond donors (Lipinski definition) is 1. The first-order valence-electron chi connectivity index (χ1n) is 3.69. The number of nitrogens with zero attached hydrogens (tertiary/aromatic N) is 1. The fourth-order valence-electron chi connectivity index (χ4n) is 1.00. The number of halogens is 2. The zero-order valence-electron chi connectivity index (χ0n) is 6.72. The maximum atomic E-state index is 9.53. The third-order valence-corrected chi connectivity index (χ3v) is 2.44. The predicted octanol–water partition coefficient (Wildman–Crippen LogP) is 3.26. The van der Waals surface area contributed by atoms with Crippen molar-refractivity contribution < 1.29 is 5.11 Å². The minimum absolute atomic E-state index is 0.166. The number of benzene rings is 1. The SMILES string of the molecule is N#CCCc1cc(Cl)cc(Br)c1O. The Bertz CT molecular complexity index is 359. The first-order valence-corrected chi connectivity index (χ1v) is 4.86. The van der Waals surface area contributed by atoms with E-state index in [9.17, 15) is 5.11 Å². The standard InChI is InChI=1S/C9H7BrClNO/c10-8-5-7(11)4-6(9(8)13)2-1-3-12/h4-5,13H,1-2H2. The molecule has 2 nitrogen and oxygen atoms in total. The molecule has 1 rings (SSSR count). The molecule has 4 heteroatoms. The second kappa shape index (κ2) is 4.50. The highest BCUT2D eigenvalue weighted by Crippen LogP contribution is 2.31. The van der Waals surface area contributed by atoms with Crippen LogP contribution in [0.1, 0.15) is 12.0 Å². The zero-order valence-corrected chi connectivity index (χ0v) is 9.06. The number of nitriles is 1. The quantitative estimate of drug-likeness (QED) is 0.887. The van der Waals surface area contributed by atoms with E-state index in [0.29, 0.717) is 27.9 Å². The van der Waals surface area contributed by atoms with Gasteiger partial charge in [-0.15, -0.1) is 0 Å². The van der Waals surface area contributed by atoms with Gasteiger partial charge in [0.1, 0.15) is 5.75 Å². The van der Waals surface area contributed by atoms with Gasteiger partial charge in [0, 0.05) is 11.4 Å². The van der Waals surface area contributed by atoms with Crippen molar-refractivity contribution >= 4 is 27.5 Å². The van der Waals surface area contributed by atoms with Crippen LogP contribution in [0.2, 0.25) is 5.02 Å². The molecule has 13 heavy (non-hydrogen) atoms. The summed E-state index contributed by atoms with van der Waals surface area (Å²) >= 11 is 8.95. The van der Waals surface area contributed by atoms with Crippen LogP contribution in [0, 0.1) is 11.3 Å². The van der Waals surface area contributed by atoms with Gasteiger partial charge in [-0.1, -0.05) is 11.6 Å². The van der Waals surface area contributed by atoms with Gasteiger partial charge in [-0.05, 0) is 40.0 Å². The van der Waals surface area contributed by atoms with Crippen LogP contribution in [0.5, 0.6) is 5.75 Å². The molecule has 0 unspecified atom stereocenters. The number of phenols is 1. The third kappa shape index (κ3) is 2.61. The predicted molar refractivity (Wildman–Crippen MR) is 54.8 cm³/mol. The number of rotatable bonds is 2. The van der Waals surface area contributed by atoms with Gasteiger partial charge in [0.2, 0.25) is 0 Å². The van der Waals surface area contributed by atoms with Crippen LogP contribution in [0.3, 0.4) is 0 Å². The summed E-state index contributed by atoms with van der Waals surface area (Å²) in [6.07, 6.45) is 0.891. The number of aromatic hydroxyl groups is 1. The molecule has 1 aromatic rings. The molecule has 0 aliphatic heterocycles. The first kappa shape index (κ1) is 10.4. The van der Waals surface area contributed by atoms with E-state index in [2.05, 4.69) is 15.9 Å². The summed E-state index contributed by atoms with van der Waals surface area (Å²) in [6, 6.07) is 5.30. The summed E-state index contributed by atoms with van der Waals surface area (Å²) in [7, 11) is 0. The average molecular weight is 261 g/mol. The van der Waals surface area contributed by atoms with Crippen molar-refractivity contribution in [1.82, 2.24) is 0 Å². The van der Waals surface area contributed by atoms with Crippen molar-refractivity contribution in [3.05, 3.63) is 27.2 Å². The lowest BCUT2D eigenvalue weighted by Crippen LogP contribution is -1.86. The smallest absolute Gasteiger partial charge is 0.133 e. The summed E-state index contributed by atoms with van der Waals surface area (Å²) in [4.78, 5) is 0. The Morgan fingerprint density at radius 2 is 2.23 bits per heavy atom. The molecule has 0 radical (unpaired) electrons. The molecular weight excluding hydrogens is 253 g/mol. The lowest BCUT2D eigenvalue weighted by Gasteiger charge is -2.04. The molecular formula is C9H7BrClNO. The topological polar surface area (TPSA) is 44.0 Å². The summed E-state index contributed by atoms with van der Waals surface area (Å²) in [6.45, 7) is 0. The molecule has 68 valence electrons. The fourth-order valence-corrected chi connectivity index (χ4v) is 1.87. The molecule has 0 amide bonds. The van der Waals surface area contributed by atoms with Crippen LogP contribution in [-0.4, -0.2) is 5.11 Å². The molecule has 0 spiro atoms. The third-order valence-electron chi connectivity index (χ3n) is 1.61. The van der Waals surface area contributed by atoms with Crippen LogP contribution >= 0.6 is 27.5 Å². The zero-order chi connectivity index (χ0) is 9.84. The molecule has 0 bridgehead atoms. The van der Waals surface area contributed by atoms with Gasteiger partial charge < -0.3 is 5.11 Å². The normalized spacial score (nSPS) is 9.62. The van der Waals surface area contributed by atoms with Gasteiger partial charge in [0.25, 0.3) is 0 Å². The Morgan fingerprint density at radius 1 is 1.54 bits per heavy atom. The maximum Gasteiger partial charge on any atom is 0.133 e. The largest absolute Gasteiger partial charge is 0.506 e. The van der Waals surface area contributed by atoms with Crippen molar-refractivity contribution in [2.45, 2.75) is 12.8 Å². The van der Waals surface area contributed by atoms with Crippen LogP contribution in [0.15, 0.2) is 16.6 Å². The lowest BCUT2D eigenvalue weighted by atomic mass is 10.1. The van der Waals surface area contributed by atoms with Crippen LogP contribution < -0.4 is 0 Å². The van der Waals surface area contributed by atoms with Gasteiger partial charge in [-0.3, -0.25) is 0 Å². The second-order valence-electron chi connectivity index (χ2n) is 2.55. The van der Waals surface area contributed by atoms with Crippen molar-refractivity contribution in [2.24, 2.45) is 0 Å². The Balaban J connectivity index is 3.00. The molecule has 0 heterocycles. The maximum absolute atomic E-state index is 9.53. The molecule has 0 fully saturated rings. The number of hydrogen-bond acceptors (Lipinski definition) is 2. The summed E-state index contributed by atoms with van der Waals surface area (Å²) < 4.78 is 0.563. The molecule has 0 aromatic heterocycles. The lowest BCUT2D eigenvalue weighted by molar-refractivity contribution is 0.465. The molecule has 1 aromatic carbocycles. The molecule has 0 atom stereocenters. The van der Waals surface area contributed by atoms with Crippen molar-refractivity contribution in [1.29, 1.82) is 5.26 Å². The van der Waals surface area contributed by atoms with E-state index in [-0.39, 0.29) is 5.75 Å². The van der Waals surface area contributed by atoms with Crippen LogP contribution in [-0.2, 0) is 6.42 Å². The first-order chi connectivity index (χ1) is 6.15. The van der Waals surface area contributed by atoms with E-state index in [1.807, 2.05) is 6.07 Å². The van der Waals surface area contributed by atoms with E-state index in [1.165, 1.54) is 0 Å². The highest BCUT2D eigenvalue weighted by Gasteiger charge is 2.06. The Labute approximate surface area is 89.9 Å². The van der Waals surface area contributed by atoms with Crippen LogP contribution in [0.4, 0.5) is 0 Å². The summed E-state index contributed by atoms with van der Waals surface area (Å²) in [5.74, 6) is 0.166. The minimum atomic E-state index is 0.166.